The van der Waals surface area contributed by atoms with Gasteiger partial charge in [0.1, 0.15) is 0 Å². The average Bonchev–Trinajstić information content (AvgIpc) is 3.32. The van der Waals surface area contributed by atoms with Gasteiger partial charge in [0.15, 0.2) is 0 Å². The predicted molar refractivity (Wildman–Crippen MR) is 111 cm³/mol. The maximum atomic E-state index is 12.7. The van der Waals surface area contributed by atoms with Gasteiger partial charge in [-0.05, 0) is 55.8 Å². The number of carbonyl (C=O) groups excluding carboxylic acids is 4. The Hall–Kier alpha value is -3.20. The summed E-state index contributed by atoms with van der Waals surface area (Å²) < 4.78 is 4.81. The van der Waals surface area contributed by atoms with E-state index in [-0.39, 0.29) is 23.6 Å². The van der Waals surface area contributed by atoms with Crippen molar-refractivity contribution in [3.05, 3.63) is 57.8 Å². The van der Waals surface area contributed by atoms with E-state index in [1.54, 1.807) is 46.8 Å². The van der Waals surface area contributed by atoms with Gasteiger partial charge >= 0.3 is 12.1 Å². The summed E-state index contributed by atoms with van der Waals surface area (Å²) in [6.45, 7) is 3.15. The molecule has 1 aliphatic rings. The molecule has 0 bridgehead atoms. The molecule has 1 aromatic carbocycles. The maximum absolute atomic E-state index is 12.7. The number of nitrogens with one attached hydrogen (secondary N) is 1. The number of ether oxygens (including phenoxy) is 1. The van der Waals surface area contributed by atoms with Crippen LogP contribution in [0.15, 0.2) is 41.1 Å². The minimum absolute atomic E-state index is 0.0912. The van der Waals surface area contributed by atoms with Gasteiger partial charge in [-0.2, -0.15) is 11.3 Å². The normalized spacial score (nSPS) is 13.4. The number of piperidine rings is 1. The molecule has 2 heterocycles. The number of esters is 1. The largest absolute Gasteiger partial charge is 0.436 e. The van der Waals surface area contributed by atoms with E-state index in [1.165, 1.54) is 17.4 Å². The van der Waals surface area contributed by atoms with Crippen LogP contribution in [0.1, 0.15) is 57.3 Å². The van der Waals surface area contributed by atoms with Crippen LogP contribution in [0.2, 0.25) is 0 Å². The molecule has 2 aromatic rings. The summed E-state index contributed by atoms with van der Waals surface area (Å²) >= 11 is 1.30. The first kappa shape index (κ1) is 21.5. The molecule has 30 heavy (non-hydrogen) atoms. The Balaban J connectivity index is 1.64. The number of hydrazine groups is 1. The number of thiophene rings is 1. The molecular formula is C21H23N3O5S. The van der Waals surface area contributed by atoms with Gasteiger partial charge in [0, 0.05) is 36.1 Å². The predicted octanol–water partition coefficient (Wildman–Crippen LogP) is 3.32. The van der Waals surface area contributed by atoms with Crippen molar-refractivity contribution in [3.8, 4) is 0 Å². The van der Waals surface area contributed by atoms with Gasteiger partial charge in [0.2, 0.25) is 0 Å². The van der Waals surface area contributed by atoms with Crippen molar-refractivity contribution in [3.63, 3.8) is 0 Å². The van der Waals surface area contributed by atoms with Crippen LogP contribution in [-0.4, -0.2) is 53.4 Å². The molecule has 1 saturated heterocycles. The standard InChI is InChI=1S/C21H23N3O5S/c1-2-24(21(28)29-20(27)17-9-12-30-14-17)22-18(25)15-7-6-8-16(13-15)19(26)23-10-4-3-5-11-23/h6-9,12-14H,2-5,10-11H2,1H3,(H,22,25). The minimum atomic E-state index is -0.984. The van der Waals surface area contributed by atoms with Crippen LogP contribution in [0, 0.1) is 0 Å². The zero-order valence-electron chi connectivity index (χ0n) is 16.6. The Kier molecular flexibility index (Phi) is 7.18. The number of carbonyl (C=O) groups is 4. The van der Waals surface area contributed by atoms with Gasteiger partial charge in [-0.1, -0.05) is 6.07 Å². The zero-order chi connectivity index (χ0) is 21.5. The first-order valence-corrected chi connectivity index (χ1v) is 10.7. The Morgan fingerprint density at radius 3 is 2.47 bits per heavy atom. The summed E-state index contributed by atoms with van der Waals surface area (Å²) in [6, 6.07) is 7.89. The molecule has 1 fully saturated rings. The molecule has 0 atom stereocenters. The van der Waals surface area contributed by atoms with Crippen molar-refractivity contribution in [2.45, 2.75) is 26.2 Å². The van der Waals surface area contributed by atoms with Gasteiger partial charge in [-0.25, -0.2) is 14.6 Å². The third kappa shape index (κ3) is 5.24. The monoisotopic (exact) mass is 429 g/mol. The number of hydrogen-bond acceptors (Lipinski definition) is 6. The van der Waals surface area contributed by atoms with Crippen molar-refractivity contribution in [1.29, 1.82) is 0 Å². The molecule has 0 saturated carbocycles. The molecule has 0 unspecified atom stereocenters. The Labute approximate surface area is 178 Å². The topological polar surface area (TPSA) is 96.0 Å². The molecule has 3 rings (SSSR count). The molecule has 0 radical (unpaired) electrons. The molecule has 8 nitrogen and oxygen atoms in total. The van der Waals surface area contributed by atoms with Crippen molar-refractivity contribution in [2.75, 3.05) is 19.6 Å². The fourth-order valence-corrected chi connectivity index (χ4v) is 3.71. The van der Waals surface area contributed by atoms with Gasteiger partial charge in [-0.15, -0.1) is 0 Å². The smallest absolute Gasteiger partial charge is 0.371 e. The van der Waals surface area contributed by atoms with Gasteiger partial charge < -0.3 is 9.64 Å². The number of rotatable bonds is 4. The quantitative estimate of drug-likeness (QED) is 0.457. The van der Waals surface area contributed by atoms with E-state index in [1.807, 2.05) is 0 Å². The highest BCUT2D eigenvalue weighted by molar-refractivity contribution is 7.08. The summed E-state index contributed by atoms with van der Waals surface area (Å²) in [7, 11) is 0. The van der Waals surface area contributed by atoms with E-state index < -0.39 is 18.0 Å². The minimum Gasteiger partial charge on any atom is -0.371 e. The zero-order valence-corrected chi connectivity index (χ0v) is 17.4. The Morgan fingerprint density at radius 1 is 1.07 bits per heavy atom. The fourth-order valence-electron chi connectivity index (χ4n) is 3.09. The number of likely N-dealkylation sites (tertiary alicyclic amines) is 1. The second kappa shape index (κ2) is 10.0. The van der Waals surface area contributed by atoms with E-state index in [0.29, 0.717) is 18.7 Å². The van der Waals surface area contributed by atoms with Crippen molar-refractivity contribution >= 4 is 35.2 Å². The highest BCUT2D eigenvalue weighted by atomic mass is 32.1. The maximum Gasteiger partial charge on any atom is 0.436 e. The number of benzene rings is 1. The van der Waals surface area contributed by atoms with Crippen LogP contribution in [0.4, 0.5) is 4.79 Å². The number of hydrogen-bond donors (Lipinski definition) is 1. The summed E-state index contributed by atoms with van der Waals surface area (Å²) in [4.78, 5) is 51.3. The van der Waals surface area contributed by atoms with Crippen molar-refractivity contribution in [1.82, 2.24) is 15.3 Å². The third-order valence-electron chi connectivity index (χ3n) is 4.72. The molecule has 9 heteroatoms. The summed E-state index contributed by atoms with van der Waals surface area (Å²) in [5.74, 6) is -1.48. The van der Waals surface area contributed by atoms with Crippen molar-refractivity contribution in [2.24, 2.45) is 0 Å². The lowest BCUT2D eigenvalue weighted by atomic mass is 10.1. The van der Waals surface area contributed by atoms with Gasteiger partial charge in [-0.3, -0.25) is 15.0 Å². The molecular weight excluding hydrogens is 406 g/mol. The van der Waals surface area contributed by atoms with Crippen LogP contribution in [0.3, 0.4) is 0 Å². The molecule has 1 aliphatic heterocycles. The van der Waals surface area contributed by atoms with Gasteiger partial charge in [0.25, 0.3) is 11.8 Å². The number of nitrogens with zero attached hydrogens (tertiary/aromatic N) is 2. The lowest BCUT2D eigenvalue weighted by Crippen LogP contribution is -2.46. The molecule has 158 valence electrons. The van der Waals surface area contributed by atoms with Crippen LogP contribution < -0.4 is 5.43 Å². The van der Waals surface area contributed by atoms with E-state index >= 15 is 0 Å². The molecule has 1 aromatic heterocycles. The highest BCUT2D eigenvalue weighted by Gasteiger charge is 2.23. The van der Waals surface area contributed by atoms with Gasteiger partial charge in [0.05, 0.1) is 5.56 Å². The fraction of sp³-hybridized carbons (Fsp3) is 0.333. The molecule has 0 aliphatic carbocycles. The Morgan fingerprint density at radius 2 is 1.80 bits per heavy atom. The van der Waals surface area contributed by atoms with E-state index in [9.17, 15) is 19.2 Å². The molecule has 1 N–H and O–H groups in total. The SMILES string of the molecule is CCN(NC(=O)c1cccc(C(=O)N2CCCCC2)c1)C(=O)OC(=O)c1ccsc1. The molecule has 3 amide bonds. The first-order valence-electron chi connectivity index (χ1n) is 9.75. The summed E-state index contributed by atoms with van der Waals surface area (Å²) in [6.07, 6.45) is 2.08. The van der Waals surface area contributed by atoms with E-state index in [4.69, 9.17) is 4.74 Å². The average molecular weight is 429 g/mol. The van der Waals surface area contributed by atoms with Crippen LogP contribution in [0.25, 0.3) is 0 Å². The summed E-state index contributed by atoms with van der Waals surface area (Å²) in [5.41, 5.74) is 3.34. The molecule has 0 spiro atoms. The lowest BCUT2D eigenvalue weighted by molar-refractivity contribution is 0.0471. The van der Waals surface area contributed by atoms with E-state index in [2.05, 4.69) is 5.43 Å². The van der Waals surface area contributed by atoms with Crippen LogP contribution >= 0.6 is 11.3 Å². The summed E-state index contributed by atoms with van der Waals surface area (Å²) in [5, 5.41) is 4.17. The third-order valence-corrected chi connectivity index (χ3v) is 5.41. The van der Waals surface area contributed by atoms with Crippen molar-refractivity contribution < 1.29 is 23.9 Å². The second-order valence-electron chi connectivity index (χ2n) is 6.79. The van der Waals surface area contributed by atoms with E-state index in [0.717, 1.165) is 24.3 Å². The Bertz CT molecular complexity index is 922. The second-order valence-corrected chi connectivity index (χ2v) is 7.57. The van der Waals surface area contributed by atoms with Crippen LogP contribution in [-0.2, 0) is 4.74 Å². The lowest BCUT2D eigenvalue weighted by Gasteiger charge is -2.27. The number of amides is 3. The highest BCUT2D eigenvalue weighted by Crippen LogP contribution is 2.15. The first-order chi connectivity index (χ1) is 14.5. The van der Waals surface area contributed by atoms with Crippen LogP contribution in [0.5, 0.6) is 0 Å².